The van der Waals surface area contributed by atoms with Gasteiger partial charge in [-0.1, -0.05) is 23.7 Å². The smallest absolute Gasteiger partial charge is 0.138 e. The van der Waals surface area contributed by atoms with E-state index in [2.05, 4.69) is 26.5 Å². The van der Waals surface area contributed by atoms with Crippen LogP contribution in [0, 0.1) is 0 Å². The standard InChI is InChI=1S/C7H6ClNO2.C7H16NO.ClH/c8-5-2-1-3-6(4-5)9-7(10)11;1-8(2,3)6-4-5-7-9;/h1-4,9H,(H,10,11);4-5,9H,6-7H2,1-3H3;1H/q;+1;/p-2/b;5-4+;. The highest BCUT2D eigenvalue weighted by atomic mass is 35.5. The van der Waals surface area contributed by atoms with Crippen molar-refractivity contribution in [3.8, 4) is 0 Å². The fourth-order valence-electron chi connectivity index (χ4n) is 1.15. The summed E-state index contributed by atoms with van der Waals surface area (Å²) in [4.78, 5) is 10.0. The number of hydrogen-bond donors (Lipinski definition) is 2. The van der Waals surface area contributed by atoms with E-state index in [4.69, 9.17) is 16.7 Å². The normalized spacial score (nSPS) is 10.3. The number of benzene rings is 1. The van der Waals surface area contributed by atoms with Crippen molar-refractivity contribution >= 4 is 23.4 Å². The van der Waals surface area contributed by atoms with Crippen LogP contribution in [0.1, 0.15) is 0 Å². The molecule has 0 saturated heterocycles. The van der Waals surface area contributed by atoms with Gasteiger partial charge >= 0.3 is 0 Å². The fourth-order valence-corrected chi connectivity index (χ4v) is 1.34. The van der Waals surface area contributed by atoms with E-state index >= 15 is 0 Å². The summed E-state index contributed by atoms with van der Waals surface area (Å²) in [5.41, 5.74) is 0.414. The molecule has 0 saturated carbocycles. The molecule has 1 aromatic carbocycles. The number of nitrogens with one attached hydrogen (secondary N) is 1. The minimum atomic E-state index is -1.34. The van der Waals surface area contributed by atoms with Gasteiger partial charge in [0, 0.05) is 10.7 Å². The third-order valence-electron chi connectivity index (χ3n) is 2.00. The Morgan fingerprint density at radius 2 is 2.00 bits per heavy atom. The summed E-state index contributed by atoms with van der Waals surface area (Å²) in [6.45, 7) is 1.13. The minimum Gasteiger partial charge on any atom is -1.00 e. The number of halogens is 2. The Bertz CT molecular complexity index is 446. The molecule has 0 aromatic heterocycles. The van der Waals surface area contributed by atoms with E-state index in [0.29, 0.717) is 10.7 Å². The van der Waals surface area contributed by atoms with E-state index in [1.165, 1.54) is 6.07 Å². The summed E-state index contributed by atoms with van der Waals surface area (Å²) in [5, 5.41) is 20.9. The molecule has 0 aliphatic carbocycles. The Morgan fingerprint density at radius 3 is 2.43 bits per heavy atom. The molecule has 7 heteroatoms. The molecule has 0 fully saturated rings. The molecule has 0 heterocycles. The van der Waals surface area contributed by atoms with E-state index in [1.54, 1.807) is 24.3 Å². The molecule has 0 bridgehead atoms. The number of hydrogen-bond acceptors (Lipinski definition) is 3. The van der Waals surface area contributed by atoms with Gasteiger partial charge in [0.05, 0.1) is 34.3 Å². The van der Waals surface area contributed by atoms with Crippen LogP contribution in [0.25, 0.3) is 0 Å². The number of likely N-dealkylation sites (N-methyl/N-ethyl adjacent to an activating group) is 1. The first-order valence-corrected chi connectivity index (χ1v) is 6.42. The van der Waals surface area contributed by atoms with Crippen LogP contribution in [-0.2, 0) is 0 Å². The second kappa shape index (κ2) is 11.4. The molecule has 21 heavy (non-hydrogen) atoms. The zero-order chi connectivity index (χ0) is 15.6. The van der Waals surface area contributed by atoms with Crippen LogP contribution in [0.2, 0.25) is 5.02 Å². The van der Waals surface area contributed by atoms with Crippen LogP contribution in [0.5, 0.6) is 0 Å². The summed E-state index contributed by atoms with van der Waals surface area (Å²) in [6.07, 6.45) is 2.41. The van der Waals surface area contributed by atoms with E-state index < -0.39 is 6.09 Å². The van der Waals surface area contributed by atoms with Crippen molar-refractivity contribution in [1.82, 2.24) is 0 Å². The summed E-state index contributed by atoms with van der Waals surface area (Å²) in [5.74, 6) is 0. The summed E-state index contributed by atoms with van der Waals surface area (Å²) < 4.78 is 0.913. The van der Waals surface area contributed by atoms with Crippen LogP contribution in [-0.4, -0.2) is 50.0 Å². The van der Waals surface area contributed by atoms with Gasteiger partial charge in [-0.2, -0.15) is 0 Å². The molecule has 0 radical (unpaired) electrons. The third-order valence-corrected chi connectivity index (χ3v) is 2.23. The maximum absolute atomic E-state index is 10.0. The summed E-state index contributed by atoms with van der Waals surface area (Å²) in [6, 6.07) is 6.38. The zero-order valence-electron chi connectivity index (χ0n) is 12.3. The average molecular weight is 336 g/mol. The maximum Gasteiger partial charge on any atom is 0.138 e. The lowest BCUT2D eigenvalue weighted by Crippen LogP contribution is -3.00. The van der Waals surface area contributed by atoms with Crippen molar-refractivity contribution < 1.29 is 31.9 Å². The molecule has 0 atom stereocenters. The number of carboxylic acid groups (broad SMARTS) is 1. The van der Waals surface area contributed by atoms with Gasteiger partial charge in [-0.15, -0.1) is 0 Å². The first kappa shape index (κ1) is 22.0. The Morgan fingerprint density at radius 1 is 1.38 bits per heavy atom. The van der Waals surface area contributed by atoms with Gasteiger partial charge in [-0.25, -0.2) is 0 Å². The predicted molar refractivity (Wildman–Crippen MR) is 79.6 cm³/mol. The van der Waals surface area contributed by atoms with Crippen molar-refractivity contribution in [2.24, 2.45) is 0 Å². The Balaban J connectivity index is 0. The number of carbonyl (C=O) groups is 1. The van der Waals surface area contributed by atoms with Gasteiger partial charge in [0.15, 0.2) is 0 Å². The van der Waals surface area contributed by atoms with Crippen LogP contribution >= 0.6 is 11.6 Å². The molecule has 0 aliphatic rings. The molecule has 1 rings (SSSR count). The predicted octanol–water partition coefficient (Wildman–Crippen LogP) is -1.66. The van der Waals surface area contributed by atoms with E-state index in [1.807, 2.05) is 6.08 Å². The van der Waals surface area contributed by atoms with Gasteiger partial charge in [-0.3, -0.25) is 0 Å². The van der Waals surface area contributed by atoms with Crippen molar-refractivity contribution in [3.05, 3.63) is 41.4 Å². The highest BCUT2D eigenvalue weighted by Crippen LogP contribution is 2.14. The molecule has 120 valence electrons. The summed E-state index contributed by atoms with van der Waals surface area (Å²) in [7, 11) is 6.34. The topological polar surface area (TPSA) is 72.4 Å². The lowest BCUT2D eigenvalue weighted by Gasteiger charge is -2.21. The van der Waals surface area contributed by atoms with E-state index in [-0.39, 0.29) is 19.0 Å². The van der Waals surface area contributed by atoms with Gasteiger partial charge in [0.2, 0.25) is 0 Å². The number of rotatable bonds is 4. The highest BCUT2D eigenvalue weighted by molar-refractivity contribution is 6.30. The molecule has 2 N–H and O–H groups in total. The van der Waals surface area contributed by atoms with Crippen LogP contribution in [0.4, 0.5) is 10.5 Å². The van der Waals surface area contributed by atoms with Crippen molar-refractivity contribution in [1.29, 1.82) is 0 Å². The van der Waals surface area contributed by atoms with Crippen LogP contribution in [0.3, 0.4) is 0 Å². The lowest BCUT2D eigenvalue weighted by molar-refractivity contribution is -0.864. The molecule has 5 nitrogen and oxygen atoms in total. The second-order valence-corrected chi connectivity index (χ2v) is 5.49. The molecular weight excluding hydrogens is 315 g/mol. The number of carbonyl (C=O) groups excluding carboxylic acids is 1. The van der Waals surface area contributed by atoms with Crippen molar-refractivity contribution in [2.45, 2.75) is 0 Å². The third kappa shape index (κ3) is 14.9. The molecular formula is C14H21Cl2N2O3-. The lowest BCUT2D eigenvalue weighted by atomic mass is 10.3. The first-order valence-electron chi connectivity index (χ1n) is 6.04. The fraction of sp³-hybridized carbons (Fsp3) is 0.357. The first-order chi connectivity index (χ1) is 9.24. The van der Waals surface area contributed by atoms with Crippen LogP contribution in [0.15, 0.2) is 36.4 Å². The largest absolute Gasteiger partial charge is 1.00 e. The van der Waals surface area contributed by atoms with Gasteiger partial charge < -0.3 is 37.2 Å². The quantitative estimate of drug-likeness (QED) is 0.511. The van der Waals surface area contributed by atoms with E-state index in [0.717, 1.165) is 11.0 Å². The number of aliphatic hydroxyl groups is 1. The Kier molecular flexibility index (Phi) is 11.9. The average Bonchev–Trinajstić information content (AvgIpc) is 2.27. The van der Waals surface area contributed by atoms with Gasteiger partial charge in [0.1, 0.15) is 6.09 Å². The number of anilines is 1. The van der Waals surface area contributed by atoms with Crippen LogP contribution < -0.4 is 22.8 Å². The molecule has 1 aromatic rings. The second-order valence-electron chi connectivity index (χ2n) is 5.05. The number of nitrogens with zero attached hydrogens (tertiary/aromatic N) is 1. The number of aliphatic hydroxyl groups excluding tert-OH is 1. The highest BCUT2D eigenvalue weighted by Gasteiger charge is 2.00. The Hall–Kier alpha value is -1.27. The van der Waals surface area contributed by atoms with Crippen molar-refractivity contribution in [3.63, 3.8) is 0 Å². The number of quaternary nitrogens is 1. The number of amides is 1. The maximum atomic E-state index is 10.0. The molecule has 0 spiro atoms. The van der Waals surface area contributed by atoms with Gasteiger partial charge in [0.25, 0.3) is 0 Å². The Labute approximate surface area is 136 Å². The van der Waals surface area contributed by atoms with Crippen molar-refractivity contribution in [2.75, 3.05) is 39.6 Å². The van der Waals surface area contributed by atoms with E-state index in [9.17, 15) is 9.90 Å². The zero-order valence-corrected chi connectivity index (χ0v) is 13.9. The SMILES string of the molecule is C[N+](C)(C)C/C=C/CO.O=C([O-])Nc1cccc(Cl)c1.[Cl-]. The molecule has 0 unspecified atom stereocenters. The molecule has 0 aliphatic heterocycles. The molecule has 1 amide bonds. The minimum absolute atomic E-state index is 0. The summed E-state index contributed by atoms with van der Waals surface area (Å²) >= 11 is 5.57. The monoisotopic (exact) mass is 335 g/mol. The van der Waals surface area contributed by atoms with Gasteiger partial charge in [-0.05, 0) is 24.3 Å².